The Bertz CT molecular complexity index is 829. The Kier molecular flexibility index (Phi) is 11.5. The van der Waals surface area contributed by atoms with Crippen LogP contribution in [-0.2, 0) is 30.5 Å². The van der Waals surface area contributed by atoms with Crippen LogP contribution in [0, 0.1) is 0 Å². The summed E-state index contributed by atoms with van der Waals surface area (Å²) >= 11 is 0. The van der Waals surface area contributed by atoms with Gasteiger partial charge in [-0.05, 0) is 25.8 Å². The third-order valence-corrected chi connectivity index (χ3v) is 8.58. The van der Waals surface area contributed by atoms with Crippen molar-refractivity contribution in [3.05, 3.63) is 35.9 Å². The van der Waals surface area contributed by atoms with Crippen LogP contribution in [0.2, 0.25) is 0 Å². The van der Waals surface area contributed by atoms with E-state index in [0.717, 1.165) is 18.4 Å². The Morgan fingerprint density at radius 2 is 1.43 bits per heavy atom. The van der Waals surface area contributed by atoms with Crippen LogP contribution in [0.5, 0.6) is 0 Å². The lowest BCUT2D eigenvalue weighted by Gasteiger charge is -2.28. The molecule has 0 aliphatic carbocycles. The van der Waals surface area contributed by atoms with E-state index in [1.54, 1.807) is 0 Å². The SMILES string of the molecule is CCCCCCCCCCCCCC[C@H]1OC(C)(C)O[C@H]1[C@@H]1COS(=O)(=O)N1Cc1ccccc1. The molecule has 0 spiro atoms. The largest absolute Gasteiger partial charge is 0.345 e. The maximum absolute atomic E-state index is 12.7. The van der Waals surface area contributed by atoms with Crippen molar-refractivity contribution in [2.45, 2.75) is 135 Å². The van der Waals surface area contributed by atoms with Gasteiger partial charge in [0.1, 0.15) is 6.10 Å². The van der Waals surface area contributed by atoms with Crippen molar-refractivity contribution in [2.75, 3.05) is 6.61 Å². The molecular weight excluding hydrogens is 462 g/mol. The predicted molar refractivity (Wildman–Crippen MR) is 140 cm³/mol. The molecule has 3 atom stereocenters. The molecule has 0 N–H and O–H groups in total. The Labute approximate surface area is 214 Å². The molecular formula is C28H47NO5S. The molecule has 2 aliphatic rings. The summed E-state index contributed by atoms with van der Waals surface area (Å²) in [6.45, 7) is 6.47. The zero-order valence-electron chi connectivity index (χ0n) is 22.1. The van der Waals surface area contributed by atoms with Crippen molar-refractivity contribution < 1.29 is 22.1 Å². The third-order valence-electron chi connectivity index (χ3n) is 7.17. The lowest BCUT2D eigenvalue weighted by molar-refractivity contribution is -0.150. The van der Waals surface area contributed by atoms with E-state index in [4.69, 9.17) is 13.7 Å². The minimum atomic E-state index is -3.78. The second-order valence-electron chi connectivity index (χ2n) is 10.7. The van der Waals surface area contributed by atoms with Crippen molar-refractivity contribution in [3.63, 3.8) is 0 Å². The molecule has 2 saturated heterocycles. The lowest BCUT2D eigenvalue weighted by atomic mass is 9.99. The molecule has 3 rings (SSSR count). The number of ether oxygens (including phenoxy) is 2. The third kappa shape index (κ3) is 9.12. The highest BCUT2D eigenvalue weighted by molar-refractivity contribution is 7.84. The van der Waals surface area contributed by atoms with Gasteiger partial charge in [-0.1, -0.05) is 114 Å². The highest BCUT2D eigenvalue weighted by Gasteiger charge is 2.52. The van der Waals surface area contributed by atoms with Crippen LogP contribution in [0.4, 0.5) is 0 Å². The van der Waals surface area contributed by atoms with E-state index in [-0.39, 0.29) is 31.4 Å². The van der Waals surface area contributed by atoms with Gasteiger partial charge in [-0.2, -0.15) is 12.7 Å². The van der Waals surface area contributed by atoms with Gasteiger partial charge in [0.05, 0.1) is 18.8 Å². The van der Waals surface area contributed by atoms with Gasteiger partial charge in [0.25, 0.3) is 0 Å². The fourth-order valence-electron chi connectivity index (χ4n) is 5.29. The monoisotopic (exact) mass is 509 g/mol. The van der Waals surface area contributed by atoms with Gasteiger partial charge in [0.2, 0.25) is 0 Å². The van der Waals surface area contributed by atoms with E-state index in [1.165, 1.54) is 74.9 Å². The van der Waals surface area contributed by atoms with Gasteiger partial charge in [-0.25, -0.2) is 0 Å². The van der Waals surface area contributed by atoms with Crippen LogP contribution in [0.25, 0.3) is 0 Å². The van der Waals surface area contributed by atoms with Crippen LogP contribution in [0.15, 0.2) is 30.3 Å². The Morgan fingerprint density at radius 1 is 0.857 bits per heavy atom. The van der Waals surface area contributed by atoms with Crippen LogP contribution < -0.4 is 0 Å². The van der Waals surface area contributed by atoms with Crippen molar-refractivity contribution in [1.82, 2.24) is 4.31 Å². The summed E-state index contributed by atoms with van der Waals surface area (Å²) in [6.07, 6.45) is 16.1. The van der Waals surface area contributed by atoms with E-state index in [9.17, 15) is 8.42 Å². The molecule has 2 aliphatic heterocycles. The van der Waals surface area contributed by atoms with Crippen molar-refractivity contribution >= 4 is 10.3 Å². The first kappa shape index (κ1) is 28.6. The number of hydrogen-bond donors (Lipinski definition) is 0. The first-order valence-corrected chi connectivity index (χ1v) is 15.2. The van der Waals surface area contributed by atoms with Crippen molar-refractivity contribution in [1.29, 1.82) is 0 Å². The number of hydrogen-bond acceptors (Lipinski definition) is 5. The maximum atomic E-state index is 12.7. The van der Waals surface area contributed by atoms with E-state index < -0.39 is 16.1 Å². The summed E-state index contributed by atoms with van der Waals surface area (Å²) in [5, 5.41) is 0. The smallest absolute Gasteiger partial charge is 0.339 e. The van der Waals surface area contributed by atoms with E-state index in [2.05, 4.69) is 6.92 Å². The van der Waals surface area contributed by atoms with Gasteiger partial charge in [0, 0.05) is 6.54 Å². The molecule has 200 valence electrons. The topological polar surface area (TPSA) is 65.1 Å². The molecule has 0 radical (unpaired) electrons. The number of unbranched alkanes of at least 4 members (excludes halogenated alkanes) is 11. The summed E-state index contributed by atoms with van der Waals surface area (Å²) in [7, 11) is -3.78. The highest BCUT2D eigenvalue weighted by atomic mass is 32.2. The first-order chi connectivity index (χ1) is 16.8. The molecule has 7 heteroatoms. The number of benzene rings is 1. The normalized spacial score (nSPS) is 25.9. The maximum Gasteiger partial charge on any atom is 0.339 e. The average molecular weight is 510 g/mol. The minimum Gasteiger partial charge on any atom is -0.345 e. The van der Waals surface area contributed by atoms with Crippen LogP contribution >= 0.6 is 0 Å². The van der Waals surface area contributed by atoms with Gasteiger partial charge in [-0.3, -0.25) is 4.18 Å². The lowest BCUT2D eigenvalue weighted by Crippen LogP contribution is -2.46. The summed E-state index contributed by atoms with van der Waals surface area (Å²) in [5.74, 6) is -0.725. The fourth-order valence-corrected chi connectivity index (χ4v) is 6.56. The summed E-state index contributed by atoms with van der Waals surface area (Å²) in [4.78, 5) is 0. The summed E-state index contributed by atoms with van der Waals surface area (Å²) < 4.78 is 44.6. The van der Waals surface area contributed by atoms with Crippen LogP contribution in [0.3, 0.4) is 0 Å². The Balaban J connectivity index is 1.43. The quantitative estimate of drug-likeness (QED) is 0.231. The molecule has 1 aromatic carbocycles. The molecule has 35 heavy (non-hydrogen) atoms. The van der Waals surface area contributed by atoms with Gasteiger partial charge >= 0.3 is 10.3 Å². The second-order valence-corrected chi connectivity index (χ2v) is 12.2. The zero-order chi connectivity index (χ0) is 25.2. The molecule has 0 saturated carbocycles. The van der Waals surface area contributed by atoms with Gasteiger partial charge < -0.3 is 9.47 Å². The standard InChI is InChI=1S/C28H47NO5S/c1-4-5-6-7-8-9-10-11-12-13-14-18-21-26-27(34-28(2,3)33-26)25-23-32-35(30,31)29(25)22-24-19-16-15-17-20-24/h15-17,19-20,25-27H,4-14,18,21-23H2,1-3H3/t25-,26+,27-/m0/s1. The van der Waals surface area contributed by atoms with Gasteiger partial charge in [0.15, 0.2) is 5.79 Å². The molecule has 2 fully saturated rings. The molecule has 0 bridgehead atoms. The van der Waals surface area contributed by atoms with Crippen LogP contribution in [0.1, 0.15) is 110 Å². The minimum absolute atomic E-state index is 0.105. The molecule has 0 aromatic heterocycles. The zero-order valence-corrected chi connectivity index (χ0v) is 22.9. The van der Waals surface area contributed by atoms with E-state index in [0.29, 0.717) is 0 Å². The molecule has 6 nitrogen and oxygen atoms in total. The van der Waals surface area contributed by atoms with Crippen LogP contribution in [-0.4, -0.2) is 43.4 Å². The first-order valence-electron chi connectivity index (χ1n) is 13.9. The number of nitrogens with zero attached hydrogens (tertiary/aromatic N) is 1. The fraction of sp³-hybridized carbons (Fsp3) is 0.786. The Hall–Kier alpha value is -0.990. The Morgan fingerprint density at radius 3 is 2.03 bits per heavy atom. The molecule has 0 amide bonds. The average Bonchev–Trinajstić information content (AvgIpc) is 3.29. The number of rotatable bonds is 16. The van der Waals surface area contributed by atoms with Gasteiger partial charge in [-0.15, -0.1) is 0 Å². The molecule has 0 unspecified atom stereocenters. The second kappa shape index (κ2) is 14.1. The molecule has 2 heterocycles. The summed E-state index contributed by atoms with van der Waals surface area (Å²) in [6, 6.07) is 9.25. The summed E-state index contributed by atoms with van der Waals surface area (Å²) in [5.41, 5.74) is 0.933. The van der Waals surface area contributed by atoms with Crippen molar-refractivity contribution in [3.8, 4) is 0 Å². The molecule has 1 aromatic rings. The highest BCUT2D eigenvalue weighted by Crippen LogP contribution is 2.37. The van der Waals surface area contributed by atoms with E-state index >= 15 is 0 Å². The van der Waals surface area contributed by atoms with E-state index in [1.807, 2.05) is 44.2 Å². The van der Waals surface area contributed by atoms with Crippen molar-refractivity contribution in [2.24, 2.45) is 0 Å². The predicted octanol–water partition coefficient (Wildman–Crippen LogP) is 6.74.